The lowest BCUT2D eigenvalue weighted by molar-refractivity contribution is -0.394. The molecule has 0 amide bonds. The largest absolute Gasteiger partial charge is 0.502 e. The minimum Gasteiger partial charge on any atom is -0.502 e. The molecule has 10 heteroatoms. The number of hydrogen-bond acceptors (Lipinski definition) is 6. The van der Waals surface area contributed by atoms with Gasteiger partial charge in [0.15, 0.2) is 11.7 Å². The molecule has 0 fully saturated rings. The highest BCUT2D eigenvalue weighted by atomic mass is 16.6. The zero-order valence-electron chi connectivity index (χ0n) is 9.28. The third-order valence-corrected chi connectivity index (χ3v) is 1.67. The minimum absolute atomic E-state index is 0.103. The van der Waals surface area contributed by atoms with Gasteiger partial charge in [-0.25, -0.2) is 0 Å². The first-order valence-corrected chi connectivity index (χ1v) is 4.38. The van der Waals surface area contributed by atoms with Crippen LogP contribution in [0.25, 0.3) is 0 Å². The maximum atomic E-state index is 10.4. The summed E-state index contributed by atoms with van der Waals surface area (Å²) in [5.41, 5.74) is 7.98. The second-order valence-corrected chi connectivity index (χ2v) is 3.10. The summed E-state index contributed by atoms with van der Waals surface area (Å²) in [6.45, 7) is 1.36. The first-order valence-electron chi connectivity index (χ1n) is 4.38. The number of aromatic hydroxyl groups is 1. The molecular weight excluding hydrogens is 246 g/mol. The van der Waals surface area contributed by atoms with Gasteiger partial charge in [0.05, 0.1) is 15.9 Å². The molecule has 18 heavy (non-hydrogen) atoms. The van der Waals surface area contributed by atoms with Gasteiger partial charge in [-0.15, -0.1) is 0 Å². The average molecular weight is 257 g/mol. The van der Waals surface area contributed by atoms with Crippen molar-refractivity contribution in [2.24, 2.45) is 11.5 Å². The summed E-state index contributed by atoms with van der Waals surface area (Å²) >= 11 is 0. The molecule has 0 unspecified atom stereocenters. The molecule has 0 bridgehead atoms. The highest BCUT2D eigenvalue weighted by Gasteiger charge is 2.21. The SMILES string of the molecule is Cc1cc([N+](=O)[O-])cc([N+](=O)[O-])c1O.N=C(N)N. The molecule has 0 saturated carbocycles. The number of hydrogen-bond donors (Lipinski definition) is 4. The fraction of sp³-hybridized carbons (Fsp3) is 0.125. The molecule has 0 radical (unpaired) electrons. The quantitative estimate of drug-likeness (QED) is 0.255. The Morgan fingerprint density at radius 2 is 1.72 bits per heavy atom. The Morgan fingerprint density at radius 1 is 1.28 bits per heavy atom. The van der Waals surface area contributed by atoms with Crippen LogP contribution in [-0.2, 0) is 0 Å². The van der Waals surface area contributed by atoms with Crippen molar-refractivity contribution in [1.82, 2.24) is 0 Å². The van der Waals surface area contributed by atoms with Gasteiger partial charge in [-0.2, -0.15) is 0 Å². The fourth-order valence-corrected chi connectivity index (χ4v) is 0.987. The van der Waals surface area contributed by atoms with Crippen molar-refractivity contribution >= 4 is 17.3 Å². The zero-order chi connectivity index (χ0) is 14.5. The van der Waals surface area contributed by atoms with E-state index >= 15 is 0 Å². The second-order valence-electron chi connectivity index (χ2n) is 3.10. The predicted octanol–water partition coefficient (Wildman–Crippen LogP) is 0.356. The number of phenolic OH excluding ortho intramolecular Hbond substituents is 1. The number of nitro benzene ring substituents is 2. The Kier molecular flexibility index (Phi) is 5.01. The van der Waals surface area contributed by atoms with E-state index in [4.69, 9.17) is 5.41 Å². The van der Waals surface area contributed by atoms with Gasteiger partial charge in [0.2, 0.25) is 0 Å². The lowest BCUT2D eigenvalue weighted by atomic mass is 10.1. The Hall–Kier alpha value is -2.91. The van der Waals surface area contributed by atoms with Crippen molar-refractivity contribution < 1.29 is 15.0 Å². The molecule has 98 valence electrons. The van der Waals surface area contributed by atoms with E-state index in [1.54, 1.807) is 0 Å². The number of guanidine groups is 1. The van der Waals surface area contributed by atoms with E-state index in [2.05, 4.69) is 11.5 Å². The van der Waals surface area contributed by atoms with Crippen LogP contribution in [0, 0.1) is 32.6 Å². The monoisotopic (exact) mass is 257 g/mol. The van der Waals surface area contributed by atoms with Crippen LogP contribution in [0.2, 0.25) is 0 Å². The Labute approximate surface area is 101 Å². The van der Waals surface area contributed by atoms with Crippen LogP contribution in [0.3, 0.4) is 0 Å². The van der Waals surface area contributed by atoms with Crippen molar-refractivity contribution in [2.75, 3.05) is 0 Å². The molecule has 6 N–H and O–H groups in total. The summed E-state index contributed by atoms with van der Waals surface area (Å²) in [6, 6.07) is 1.80. The van der Waals surface area contributed by atoms with Gasteiger partial charge in [0, 0.05) is 11.6 Å². The molecule has 0 aliphatic carbocycles. The first kappa shape index (κ1) is 15.1. The van der Waals surface area contributed by atoms with Crippen LogP contribution in [0.15, 0.2) is 12.1 Å². The molecule has 1 aromatic rings. The number of non-ortho nitro benzene ring substituents is 1. The number of aryl methyl sites for hydroxylation is 1. The molecule has 0 atom stereocenters. The summed E-state index contributed by atoms with van der Waals surface area (Å²) < 4.78 is 0. The number of benzene rings is 1. The standard InChI is InChI=1S/C7H6N2O5.CH5N3/c1-4-2-5(8(11)12)3-6(7(4)10)9(13)14;2-1(3)4/h2-3,10H,1H3;(H5,2,3,4). The van der Waals surface area contributed by atoms with E-state index in [9.17, 15) is 25.3 Å². The van der Waals surface area contributed by atoms with Crippen LogP contribution >= 0.6 is 0 Å². The number of rotatable bonds is 2. The number of nitrogens with zero attached hydrogens (tertiary/aromatic N) is 2. The molecule has 0 heterocycles. The van der Waals surface area contributed by atoms with Crippen LogP contribution in [0.5, 0.6) is 5.75 Å². The predicted molar refractivity (Wildman–Crippen MR) is 62.3 cm³/mol. The molecule has 0 aliphatic rings. The van der Waals surface area contributed by atoms with Gasteiger partial charge >= 0.3 is 5.69 Å². The Morgan fingerprint density at radius 3 is 2.06 bits per heavy atom. The van der Waals surface area contributed by atoms with Gasteiger partial charge in [0.25, 0.3) is 5.69 Å². The van der Waals surface area contributed by atoms with E-state index in [0.29, 0.717) is 0 Å². The number of nitrogens with one attached hydrogen (secondary N) is 1. The normalized spacial score (nSPS) is 8.94. The van der Waals surface area contributed by atoms with Crippen molar-refractivity contribution in [1.29, 1.82) is 5.41 Å². The molecule has 1 rings (SSSR count). The molecule has 0 saturated heterocycles. The van der Waals surface area contributed by atoms with Crippen LogP contribution in [-0.4, -0.2) is 20.9 Å². The summed E-state index contributed by atoms with van der Waals surface area (Å²) in [6.07, 6.45) is 0. The van der Waals surface area contributed by atoms with E-state index in [-0.39, 0.29) is 11.5 Å². The highest BCUT2D eigenvalue weighted by Crippen LogP contribution is 2.33. The number of nitro groups is 2. The van der Waals surface area contributed by atoms with Crippen LogP contribution in [0.4, 0.5) is 11.4 Å². The zero-order valence-corrected chi connectivity index (χ0v) is 9.28. The molecule has 0 aromatic heterocycles. The van der Waals surface area contributed by atoms with E-state index in [1.807, 2.05) is 0 Å². The number of phenols is 1. The second kappa shape index (κ2) is 5.98. The van der Waals surface area contributed by atoms with Crippen LogP contribution < -0.4 is 11.5 Å². The number of nitrogens with two attached hydrogens (primary N) is 2. The van der Waals surface area contributed by atoms with Crippen LogP contribution in [0.1, 0.15) is 5.56 Å². The van der Waals surface area contributed by atoms with Gasteiger partial charge in [-0.1, -0.05) is 0 Å². The third kappa shape index (κ3) is 4.30. The molecule has 0 aliphatic heterocycles. The van der Waals surface area contributed by atoms with E-state index in [1.165, 1.54) is 6.92 Å². The van der Waals surface area contributed by atoms with E-state index in [0.717, 1.165) is 12.1 Å². The first-order chi connectivity index (χ1) is 8.16. The average Bonchev–Trinajstić information content (AvgIpc) is 2.20. The third-order valence-electron chi connectivity index (χ3n) is 1.67. The summed E-state index contributed by atoms with van der Waals surface area (Å²) in [5, 5.41) is 36.0. The van der Waals surface area contributed by atoms with Gasteiger partial charge in [0.1, 0.15) is 0 Å². The summed E-state index contributed by atoms with van der Waals surface area (Å²) in [4.78, 5) is 19.1. The Bertz CT molecular complexity index is 497. The Balaban J connectivity index is 0.000000631. The van der Waals surface area contributed by atoms with E-state index < -0.39 is 27.0 Å². The van der Waals surface area contributed by atoms with Gasteiger partial charge < -0.3 is 16.6 Å². The van der Waals surface area contributed by atoms with Gasteiger partial charge in [-0.3, -0.25) is 25.6 Å². The fourth-order valence-electron chi connectivity index (χ4n) is 0.987. The lowest BCUT2D eigenvalue weighted by Gasteiger charge is -1.99. The molecular formula is C8H11N5O5. The molecule has 10 nitrogen and oxygen atoms in total. The minimum atomic E-state index is -0.866. The van der Waals surface area contributed by atoms with Crippen molar-refractivity contribution in [2.45, 2.75) is 6.92 Å². The van der Waals surface area contributed by atoms with Crippen molar-refractivity contribution in [3.05, 3.63) is 37.9 Å². The maximum Gasteiger partial charge on any atom is 0.317 e. The van der Waals surface area contributed by atoms with Crippen molar-refractivity contribution in [3.63, 3.8) is 0 Å². The molecule has 0 spiro atoms. The van der Waals surface area contributed by atoms with Crippen molar-refractivity contribution in [3.8, 4) is 5.75 Å². The maximum absolute atomic E-state index is 10.4. The lowest BCUT2D eigenvalue weighted by Crippen LogP contribution is -2.20. The molecule has 1 aromatic carbocycles. The topological polar surface area (TPSA) is 182 Å². The highest BCUT2D eigenvalue weighted by molar-refractivity contribution is 5.71. The summed E-state index contributed by atoms with van der Waals surface area (Å²) in [7, 11) is 0. The van der Waals surface area contributed by atoms with Gasteiger partial charge in [-0.05, 0) is 6.92 Å². The summed E-state index contributed by atoms with van der Waals surface area (Å²) in [5.74, 6) is -0.874. The smallest absolute Gasteiger partial charge is 0.317 e.